The van der Waals surface area contributed by atoms with Crippen molar-refractivity contribution in [1.82, 2.24) is 4.90 Å². The van der Waals surface area contributed by atoms with Crippen LogP contribution in [0.1, 0.15) is 74.8 Å². The number of aliphatic hydroxyl groups is 2. The summed E-state index contributed by atoms with van der Waals surface area (Å²) < 4.78 is 34.7. The van der Waals surface area contributed by atoms with Gasteiger partial charge < -0.3 is 34.2 Å². The normalized spacial score (nSPS) is 27.4. The largest absolute Gasteiger partial charge is 0.489 e. The molecule has 4 aliphatic rings. The van der Waals surface area contributed by atoms with Crippen LogP contribution in [0, 0.1) is 29.5 Å². The van der Waals surface area contributed by atoms with Gasteiger partial charge >= 0.3 is 0 Å². The summed E-state index contributed by atoms with van der Waals surface area (Å²) in [6, 6.07) is 11.8. The van der Waals surface area contributed by atoms with E-state index >= 15 is 0 Å². The Morgan fingerprint density at radius 2 is 1.88 bits per heavy atom. The van der Waals surface area contributed by atoms with E-state index < -0.39 is 11.8 Å². The first-order chi connectivity index (χ1) is 24.4. The molecule has 1 amide bonds. The van der Waals surface area contributed by atoms with Crippen LogP contribution in [-0.2, 0) is 21.0 Å². The second-order valence-electron chi connectivity index (χ2n) is 14.1. The van der Waals surface area contributed by atoms with Crippen LogP contribution in [0.2, 0.25) is 0 Å². The van der Waals surface area contributed by atoms with Crippen molar-refractivity contribution in [2.75, 3.05) is 34.0 Å². The second-order valence-corrected chi connectivity index (χ2v) is 14.1. The van der Waals surface area contributed by atoms with E-state index in [0.29, 0.717) is 36.3 Å². The van der Waals surface area contributed by atoms with Crippen molar-refractivity contribution >= 4 is 11.6 Å². The van der Waals surface area contributed by atoms with Gasteiger partial charge in [0.05, 0.1) is 18.2 Å². The third kappa shape index (κ3) is 7.20. The molecule has 1 aliphatic heterocycles. The number of amides is 1. The van der Waals surface area contributed by atoms with E-state index in [1.54, 1.807) is 31.4 Å². The van der Waals surface area contributed by atoms with E-state index in [2.05, 4.69) is 17.8 Å². The molecule has 6 rings (SSSR count). The Morgan fingerprint density at radius 3 is 2.58 bits per heavy atom. The number of oxime groups is 1. The highest BCUT2D eigenvalue weighted by molar-refractivity contribution is 6.03. The fourth-order valence-corrected chi connectivity index (χ4v) is 8.48. The molecule has 0 spiro atoms. The zero-order valence-corrected chi connectivity index (χ0v) is 29.3. The topological polar surface area (TPSA) is 110 Å². The minimum atomic E-state index is -1.26. The first-order valence-electron chi connectivity index (χ1n) is 18.1. The summed E-state index contributed by atoms with van der Waals surface area (Å²) in [4.78, 5) is 21.0. The molecule has 0 radical (unpaired) electrons. The molecule has 10 heteroatoms. The second kappa shape index (κ2) is 16.1. The Hall–Kier alpha value is -3.73. The van der Waals surface area contributed by atoms with Gasteiger partial charge in [-0.2, -0.15) is 0 Å². The SMILES string of the molecule is C=CCOC12Oc3ccc(OCc4ccccc4F)cc3C3C(CCCCO)C(CCCCO)C=C(C(=NOC)CC1N(C)C(=O)C1CC1)C32. The number of benzene rings is 2. The summed E-state index contributed by atoms with van der Waals surface area (Å²) in [6.45, 7) is 4.48. The number of rotatable bonds is 17. The van der Waals surface area contributed by atoms with Crippen molar-refractivity contribution in [3.8, 4) is 11.5 Å². The molecule has 50 heavy (non-hydrogen) atoms. The van der Waals surface area contributed by atoms with Gasteiger partial charge in [0.15, 0.2) is 0 Å². The van der Waals surface area contributed by atoms with Gasteiger partial charge in [0.25, 0.3) is 0 Å². The van der Waals surface area contributed by atoms with Gasteiger partial charge in [-0.15, -0.1) is 6.58 Å². The predicted octanol–water partition coefficient (Wildman–Crippen LogP) is 6.54. The molecule has 6 unspecified atom stereocenters. The molecule has 2 aromatic rings. The molecule has 0 bridgehead atoms. The van der Waals surface area contributed by atoms with Crippen LogP contribution in [0.25, 0.3) is 0 Å². The number of halogens is 1. The van der Waals surface area contributed by atoms with Crippen LogP contribution in [0.15, 0.2) is 71.9 Å². The molecule has 3 aliphatic carbocycles. The Labute approximate surface area is 294 Å². The Morgan fingerprint density at radius 1 is 1.12 bits per heavy atom. The first kappa shape index (κ1) is 36.1. The van der Waals surface area contributed by atoms with Crippen LogP contribution in [0.5, 0.6) is 11.5 Å². The zero-order chi connectivity index (χ0) is 35.3. The van der Waals surface area contributed by atoms with E-state index in [4.69, 9.17) is 19.0 Å². The van der Waals surface area contributed by atoms with Gasteiger partial charge in [0, 0.05) is 49.6 Å². The van der Waals surface area contributed by atoms with E-state index in [9.17, 15) is 19.4 Å². The third-order valence-corrected chi connectivity index (χ3v) is 10.9. The summed E-state index contributed by atoms with van der Waals surface area (Å²) in [6.07, 6.45) is 10.9. The van der Waals surface area contributed by atoms with Crippen LogP contribution >= 0.6 is 0 Å². The number of carbonyl (C=O) groups is 1. The molecular weight excluding hydrogens is 639 g/mol. The number of fused-ring (bicyclic) bond motifs is 2. The van der Waals surface area contributed by atoms with E-state index in [-0.39, 0.29) is 67.7 Å². The minimum Gasteiger partial charge on any atom is -0.489 e. The lowest BCUT2D eigenvalue weighted by Gasteiger charge is -2.59. The molecule has 0 saturated heterocycles. The molecule has 2 fully saturated rings. The van der Waals surface area contributed by atoms with Crippen molar-refractivity contribution in [2.45, 2.75) is 82.1 Å². The van der Waals surface area contributed by atoms with Crippen molar-refractivity contribution in [1.29, 1.82) is 0 Å². The molecule has 6 atom stereocenters. The number of nitrogens with zero attached hydrogens (tertiary/aromatic N) is 2. The van der Waals surface area contributed by atoms with Crippen LogP contribution in [0.3, 0.4) is 0 Å². The van der Waals surface area contributed by atoms with Gasteiger partial charge in [0.1, 0.15) is 37.1 Å². The third-order valence-electron chi connectivity index (χ3n) is 10.9. The Balaban J connectivity index is 1.52. The van der Waals surface area contributed by atoms with Gasteiger partial charge in [-0.05, 0) is 80.2 Å². The maximum atomic E-state index is 14.5. The molecule has 0 aromatic heterocycles. The number of unbranched alkanes of at least 4 members (excludes halogenated alkanes) is 2. The molecular formula is C40H51FN2O7. The monoisotopic (exact) mass is 690 g/mol. The summed E-state index contributed by atoms with van der Waals surface area (Å²) in [5, 5.41) is 24.1. The van der Waals surface area contributed by atoms with Crippen LogP contribution in [-0.4, -0.2) is 72.5 Å². The van der Waals surface area contributed by atoms with E-state index in [1.165, 1.54) is 6.07 Å². The molecule has 2 aromatic carbocycles. The predicted molar refractivity (Wildman–Crippen MR) is 188 cm³/mol. The molecule has 2 N–H and O–H groups in total. The summed E-state index contributed by atoms with van der Waals surface area (Å²) in [5.74, 6) is -0.547. The lowest BCUT2D eigenvalue weighted by molar-refractivity contribution is -0.255. The van der Waals surface area contributed by atoms with Gasteiger partial charge in [-0.3, -0.25) is 4.79 Å². The summed E-state index contributed by atoms with van der Waals surface area (Å²) in [5.41, 5.74) is 3.17. The maximum Gasteiger partial charge on any atom is 0.239 e. The molecule has 270 valence electrons. The van der Waals surface area contributed by atoms with Crippen molar-refractivity contribution in [3.05, 3.63) is 83.7 Å². The number of hydrogen-bond acceptors (Lipinski definition) is 8. The number of aliphatic hydroxyl groups excluding tert-OH is 2. The highest BCUT2D eigenvalue weighted by Gasteiger charge is 2.65. The fraction of sp³-hybridized carbons (Fsp3) is 0.550. The quantitative estimate of drug-likeness (QED) is 0.110. The summed E-state index contributed by atoms with van der Waals surface area (Å²) >= 11 is 0. The number of carbonyl (C=O) groups excluding carboxylic acids is 1. The van der Waals surface area contributed by atoms with Gasteiger partial charge in [-0.25, -0.2) is 4.39 Å². The number of allylic oxidation sites excluding steroid dienone is 1. The van der Waals surface area contributed by atoms with Crippen LogP contribution < -0.4 is 9.47 Å². The van der Waals surface area contributed by atoms with E-state index in [1.807, 2.05) is 30.1 Å². The average Bonchev–Trinajstić information content (AvgIpc) is 3.98. The number of ether oxygens (including phenoxy) is 3. The fourth-order valence-electron chi connectivity index (χ4n) is 8.48. The van der Waals surface area contributed by atoms with Gasteiger partial charge in [0.2, 0.25) is 11.7 Å². The molecule has 2 saturated carbocycles. The van der Waals surface area contributed by atoms with Crippen molar-refractivity contribution in [3.63, 3.8) is 0 Å². The highest BCUT2D eigenvalue weighted by atomic mass is 19.1. The number of likely N-dealkylation sites (N-methyl/N-ethyl adjacent to an activating group) is 1. The van der Waals surface area contributed by atoms with Crippen LogP contribution in [0.4, 0.5) is 4.39 Å². The molecule has 1 heterocycles. The molecule has 9 nitrogen and oxygen atoms in total. The first-order valence-corrected chi connectivity index (χ1v) is 18.1. The van der Waals surface area contributed by atoms with E-state index in [0.717, 1.165) is 55.4 Å². The summed E-state index contributed by atoms with van der Waals surface area (Å²) in [7, 11) is 3.39. The lowest BCUT2D eigenvalue weighted by Crippen LogP contribution is -2.69. The Kier molecular flexibility index (Phi) is 11.6. The van der Waals surface area contributed by atoms with Gasteiger partial charge in [-0.1, -0.05) is 48.3 Å². The maximum absolute atomic E-state index is 14.5. The Bertz CT molecular complexity index is 1570. The highest BCUT2D eigenvalue weighted by Crippen LogP contribution is 2.62. The average molecular weight is 691 g/mol. The van der Waals surface area contributed by atoms with Crippen molar-refractivity contribution < 1.29 is 38.4 Å². The lowest BCUT2D eigenvalue weighted by atomic mass is 9.55. The van der Waals surface area contributed by atoms with Crippen molar-refractivity contribution in [2.24, 2.45) is 28.8 Å². The smallest absolute Gasteiger partial charge is 0.239 e. The zero-order valence-electron chi connectivity index (χ0n) is 29.3. The minimum absolute atomic E-state index is 0.00877. The standard InChI is InChI=1S/C40H51FN2O7/c1-4-21-49-40-36(43(2)39(46)26-15-16-26)24-34(42-47-3)31-22-27(11-7-9-19-44)30(13-8-10-20-45)37(38(31)40)32-23-29(17-18-35(32)50-40)48-25-28-12-5-6-14-33(28)41/h4-6,12,14,17-18,22-23,26-27,30,36-38,44-45H,1,7-11,13,15-16,19-21,24-25H2,2-3H3. The number of hydrogen-bond donors (Lipinski definition) is 2.